The van der Waals surface area contributed by atoms with Gasteiger partial charge in [0.15, 0.2) is 0 Å². The van der Waals surface area contributed by atoms with Crippen LogP contribution in [0.2, 0.25) is 0 Å². The van der Waals surface area contributed by atoms with Crippen molar-refractivity contribution in [3.8, 4) is 0 Å². The van der Waals surface area contributed by atoms with E-state index in [1.54, 1.807) is 0 Å². The number of hydrogen-bond acceptors (Lipinski definition) is 4. The summed E-state index contributed by atoms with van der Waals surface area (Å²) >= 11 is 0. The van der Waals surface area contributed by atoms with Crippen LogP contribution in [0.4, 0.5) is 0 Å². The summed E-state index contributed by atoms with van der Waals surface area (Å²) in [6.07, 6.45) is 8.53. The molecule has 1 aromatic rings. The zero-order valence-electron chi connectivity index (χ0n) is 11.9. The van der Waals surface area contributed by atoms with Crippen molar-refractivity contribution in [2.24, 2.45) is 7.05 Å². The van der Waals surface area contributed by atoms with Crippen LogP contribution in [-0.2, 0) is 13.6 Å². The molecular formula is C14H26N4O. The number of aromatic nitrogens is 2. The van der Waals surface area contributed by atoms with Crippen molar-refractivity contribution in [2.45, 2.75) is 38.3 Å². The van der Waals surface area contributed by atoms with Gasteiger partial charge in [-0.15, -0.1) is 0 Å². The van der Waals surface area contributed by atoms with E-state index in [9.17, 15) is 5.11 Å². The lowest BCUT2D eigenvalue weighted by Crippen LogP contribution is -2.33. The Labute approximate surface area is 115 Å². The summed E-state index contributed by atoms with van der Waals surface area (Å²) in [7, 11) is 2.02. The molecule has 0 aliphatic carbocycles. The lowest BCUT2D eigenvalue weighted by Gasteiger charge is -2.22. The molecule has 1 saturated heterocycles. The molecule has 0 radical (unpaired) electrons. The van der Waals surface area contributed by atoms with E-state index in [0.29, 0.717) is 12.6 Å². The van der Waals surface area contributed by atoms with Gasteiger partial charge in [-0.3, -0.25) is 4.90 Å². The van der Waals surface area contributed by atoms with Crippen LogP contribution in [0.25, 0.3) is 0 Å². The number of likely N-dealkylation sites (tertiary alicyclic amines) is 1. The van der Waals surface area contributed by atoms with Crippen LogP contribution >= 0.6 is 0 Å². The molecule has 0 aromatic carbocycles. The third-order valence-electron chi connectivity index (χ3n) is 3.98. The molecule has 0 amide bonds. The first-order valence-electron chi connectivity index (χ1n) is 7.32. The summed E-state index contributed by atoms with van der Waals surface area (Å²) < 4.78 is 2.04. The molecule has 1 atom stereocenters. The molecular weight excluding hydrogens is 240 g/mol. The van der Waals surface area contributed by atoms with E-state index < -0.39 is 0 Å². The number of nitrogens with zero attached hydrogens (tertiary/aromatic N) is 3. The van der Waals surface area contributed by atoms with E-state index in [4.69, 9.17) is 0 Å². The number of nitrogens with one attached hydrogen (secondary N) is 1. The fourth-order valence-corrected chi connectivity index (χ4v) is 2.73. The molecule has 19 heavy (non-hydrogen) atoms. The van der Waals surface area contributed by atoms with Gasteiger partial charge in [-0.1, -0.05) is 0 Å². The first-order chi connectivity index (χ1) is 9.31. The fraction of sp³-hybridized carbons (Fsp3) is 0.786. The minimum atomic E-state index is 0.318. The van der Waals surface area contributed by atoms with Crippen molar-refractivity contribution >= 4 is 0 Å². The smallest absolute Gasteiger partial charge is 0.0945 e. The van der Waals surface area contributed by atoms with Gasteiger partial charge < -0.3 is 15.0 Å². The van der Waals surface area contributed by atoms with Gasteiger partial charge in [0.2, 0.25) is 0 Å². The molecule has 0 unspecified atom stereocenters. The van der Waals surface area contributed by atoms with E-state index in [0.717, 1.165) is 32.6 Å². The van der Waals surface area contributed by atoms with Gasteiger partial charge in [0, 0.05) is 25.8 Å². The number of hydrogen-bond donors (Lipinski definition) is 2. The molecule has 0 spiro atoms. The Morgan fingerprint density at radius 2 is 2.37 bits per heavy atom. The van der Waals surface area contributed by atoms with E-state index in [-0.39, 0.29) is 0 Å². The molecule has 1 aromatic heterocycles. The highest BCUT2D eigenvalue weighted by atomic mass is 16.3. The number of aliphatic hydroxyl groups is 1. The van der Waals surface area contributed by atoms with Gasteiger partial charge >= 0.3 is 0 Å². The quantitative estimate of drug-likeness (QED) is 0.682. The van der Waals surface area contributed by atoms with Crippen molar-refractivity contribution in [3.63, 3.8) is 0 Å². The molecule has 5 nitrogen and oxygen atoms in total. The van der Waals surface area contributed by atoms with Crippen LogP contribution in [0.1, 0.15) is 31.4 Å². The van der Waals surface area contributed by atoms with Crippen LogP contribution in [0.15, 0.2) is 12.5 Å². The Morgan fingerprint density at radius 3 is 3.11 bits per heavy atom. The number of aliphatic hydroxyl groups excluding tert-OH is 1. The largest absolute Gasteiger partial charge is 0.395 e. The van der Waals surface area contributed by atoms with Gasteiger partial charge in [-0.25, -0.2) is 4.98 Å². The minimum absolute atomic E-state index is 0.318. The monoisotopic (exact) mass is 266 g/mol. The van der Waals surface area contributed by atoms with Crippen molar-refractivity contribution in [3.05, 3.63) is 18.2 Å². The first kappa shape index (κ1) is 14.5. The third-order valence-corrected chi connectivity index (χ3v) is 3.98. The average molecular weight is 266 g/mol. The van der Waals surface area contributed by atoms with Gasteiger partial charge in [-0.05, 0) is 45.3 Å². The number of rotatable bonds is 8. The fourth-order valence-electron chi connectivity index (χ4n) is 2.73. The maximum absolute atomic E-state index is 9.25. The predicted molar refractivity (Wildman–Crippen MR) is 75.8 cm³/mol. The van der Waals surface area contributed by atoms with Gasteiger partial charge in [-0.2, -0.15) is 0 Å². The first-order valence-corrected chi connectivity index (χ1v) is 7.32. The molecule has 2 heterocycles. The Hall–Kier alpha value is -0.910. The molecule has 1 fully saturated rings. The average Bonchev–Trinajstić information content (AvgIpc) is 3.02. The summed E-state index contributed by atoms with van der Waals surface area (Å²) in [6.45, 7) is 4.54. The molecule has 2 N–H and O–H groups in total. The van der Waals surface area contributed by atoms with Crippen LogP contribution in [-0.4, -0.2) is 51.8 Å². The van der Waals surface area contributed by atoms with Crippen LogP contribution in [0.3, 0.4) is 0 Å². The molecule has 2 rings (SSSR count). The van der Waals surface area contributed by atoms with E-state index in [2.05, 4.69) is 15.2 Å². The maximum atomic E-state index is 9.25. The zero-order chi connectivity index (χ0) is 13.5. The van der Waals surface area contributed by atoms with Crippen LogP contribution in [0, 0.1) is 0 Å². The lowest BCUT2D eigenvalue weighted by molar-refractivity contribution is 0.157. The number of aryl methyl sites for hydroxylation is 1. The second kappa shape index (κ2) is 7.62. The van der Waals surface area contributed by atoms with E-state index in [1.807, 2.05) is 24.1 Å². The van der Waals surface area contributed by atoms with Gasteiger partial charge in [0.05, 0.1) is 18.6 Å². The Morgan fingerprint density at radius 1 is 1.47 bits per heavy atom. The number of unbranched alkanes of at least 4 members (excludes halogenated alkanes) is 1. The molecule has 5 heteroatoms. The maximum Gasteiger partial charge on any atom is 0.0945 e. The summed E-state index contributed by atoms with van der Waals surface area (Å²) in [6, 6.07) is 0.419. The van der Waals surface area contributed by atoms with Crippen molar-refractivity contribution in [1.82, 2.24) is 19.8 Å². The standard InChI is InChI=1S/C14H26N4O/c1-17-12-16-10-14(17)9-15-6-2-3-7-18-8-4-5-13(18)11-19/h10,12-13,15,19H,2-9,11H2,1H3/t13-/m0/s1. The molecule has 108 valence electrons. The van der Waals surface area contributed by atoms with Gasteiger partial charge in [0.1, 0.15) is 0 Å². The summed E-state index contributed by atoms with van der Waals surface area (Å²) in [5, 5.41) is 12.7. The van der Waals surface area contributed by atoms with Crippen LogP contribution in [0.5, 0.6) is 0 Å². The SMILES string of the molecule is Cn1cncc1CNCCCCN1CCC[C@H]1CO. The molecule has 0 saturated carbocycles. The Balaban J connectivity index is 1.52. The summed E-state index contributed by atoms with van der Waals surface area (Å²) in [5.74, 6) is 0. The Bertz CT molecular complexity index is 366. The second-order valence-electron chi connectivity index (χ2n) is 5.39. The Kier molecular flexibility index (Phi) is 5.82. The summed E-state index contributed by atoms with van der Waals surface area (Å²) in [5.41, 5.74) is 1.22. The highest BCUT2D eigenvalue weighted by molar-refractivity contribution is 4.96. The molecule has 0 bridgehead atoms. The van der Waals surface area contributed by atoms with Gasteiger partial charge in [0.25, 0.3) is 0 Å². The molecule has 1 aliphatic rings. The highest BCUT2D eigenvalue weighted by Crippen LogP contribution is 2.16. The van der Waals surface area contributed by atoms with Crippen LogP contribution < -0.4 is 5.32 Å². The highest BCUT2D eigenvalue weighted by Gasteiger charge is 2.22. The lowest BCUT2D eigenvalue weighted by atomic mass is 10.2. The minimum Gasteiger partial charge on any atom is -0.395 e. The predicted octanol–water partition coefficient (Wildman–Crippen LogP) is 0.747. The van der Waals surface area contributed by atoms with E-state index in [1.165, 1.54) is 25.0 Å². The zero-order valence-corrected chi connectivity index (χ0v) is 11.9. The topological polar surface area (TPSA) is 53.3 Å². The summed E-state index contributed by atoms with van der Waals surface area (Å²) in [4.78, 5) is 6.53. The van der Waals surface area contributed by atoms with Crippen molar-refractivity contribution < 1.29 is 5.11 Å². The number of imidazole rings is 1. The van der Waals surface area contributed by atoms with Crippen molar-refractivity contribution in [2.75, 3.05) is 26.2 Å². The normalized spacial score (nSPS) is 20.2. The van der Waals surface area contributed by atoms with Crippen molar-refractivity contribution in [1.29, 1.82) is 0 Å². The second-order valence-corrected chi connectivity index (χ2v) is 5.39. The third kappa shape index (κ3) is 4.30. The molecule has 1 aliphatic heterocycles. The van der Waals surface area contributed by atoms with E-state index >= 15 is 0 Å².